The quantitative estimate of drug-likeness (QED) is 0.343. The number of alkyl halides is 1. The van der Waals surface area contributed by atoms with E-state index in [2.05, 4.69) is 15.9 Å². The number of benzene rings is 1. The molecule has 0 saturated carbocycles. The van der Waals surface area contributed by atoms with Crippen LogP contribution >= 0.6 is 15.9 Å². The van der Waals surface area contributed by atoms with Gasteiger partial charge in [0.2, 0.25) is 0 Å². The van der Waals surface area contributed by atoms with E-state index in [4.69, 9.17) is 9.47 Å². The van der Waals surface area contributed by atoms with Gasteiger partial charge in [-0.1, -0.05) is 53.2 Å². The van der Waals surface area contributed by atoms with Crippen LogP contribution in [0.1, 0.15) is 38.7 Å². The van der Waals surface area contributed by atoms with Gasteiger partial charge in [0.05, 0.1) is 11.9 Å². The van der Waals surface area contributed by atoms with E-state index in [0.717, 1.165) is 5.56 Å². The molecule has 6 heteroatoms. The van der Waals surface area contributed by atoms with Crippen molar-refractivity contribution in [1.82, 2.24) is 0 Å². The van der Waals surface area contributed by atoms with Crippen LogP contribution in [0.25, 0.3) is 0 Å². The van der Waals surface area contributed by atoms with Crippen LogP contribution in [0.2, 0.25) is 0 Å². The van der Waals surface area contributed by atoms with Crippen LogP contribution < -0.4 is 0 Å². The van der Waals surface area contributed by atoms with Gasteiger partial charge in [0.15, 0.2) is 5.78 Å². The van der Waals surface area contributed by atoms with Crippen molar-refractivity contribution in [2.45, 2.75) is 39.7 Å². The summed E-state index contributed by atoms with van der Waals surface area (Å²) in [5.74, 6) is -1.30. The Morgan fingerprint density at radius 3 is 2.29 bits per heavy atom. The van der Waals surface area contributed by atoms with Crippen LogP contribution in [0.15, 0.2) is 30.3 Å². The minimum atomic E-state index is -1.30. The van der Waals surface area contributed by atoms with Crippen molar-refractivity contribution in [1.29, 1.82) is 0 Å². The summed E-state index contributed by atoms with van der Waals surface area (Å²) in [6.45, 7) is 3.79. The molecule has 0 radical (unpaired) electrons. The molecule has 0 aliphatic carbocycles. The molecule has 0 amide bonds. The largest absolute Gasteiger partial charge is 0.465 e. The number of carbonyl (C=O) groups is 3. The molecule has 0 bridgehead atoms. The van der Waals surface area contributed by atoms with Gasteiger partial charge in [-0.25, -0.2) is 0 Å². The van der Waals surface area contributed by atoms with E-state index in [-0.39, 0.29) is 43.6 Å². The topological polar surface area (TPSA) is 69.7 Å². The number of hydrogen-bond acceptors (Lipinski definition) is 5. The molecule has 0 spiro atoms. The second-order valence-corrected chi connectivity index (χ2v) is 5.92. The monoisotopic (exact) mass is 398 g/mol. The summed E-state index contributed by atoms with van der Waals surface area (Å²) in [7, 11) is 0. The van der Waals surface area contributed by atoms with Gasteiger partial charge < -0.3 is 9.47 Å². The number of hydrogen-bond donors (Lipinski definition) is 0. The van der Waals surface area contributed by atoms with Crippen molar-refractivity contribution in [3.8, 4) is 0 Å². The molecule has 1 rings (SSSR count). The molecular weight excluding hydrogens is 376 g/mol. The first-order valence-electron chi connectivity index (χ1n) is 7.96. The molecule has 0 aliphatic rings. The second-order valence-electron chi connectivity index (χ2n) is 5.36. The van der Waals surface area contributed by atoms with Gasteiger partial charge in [-0.05, 0) is 25.3 Å². The SMILES string of the molecule is CCOC(=O)C(CC)(CCC(=O)OCc1ccccc1)C(=O)CBr. The lowest BCUT2D eigenvalue weighted by Crippen LogP contribution is -2.41. The predicted octanol–water partition coefficient (Wildman–Crippen LogP) is 3.43. The van der Waals surface area contributed by atoms with Crippen molar-refractivity contribution in [3.05, 3.63) is 35.9 Å². The summed E-state index contributed by atoms with van der Waals surface area (Å²) in [5.41, 5.74) is -0.416. The number of ether oxygens (including phenoxy) is 2. The molecular formula is C18H23BrO5. The van der Waals surface area contributed by atoms with Crippen molar-refractivity contribution < 1.29 is 23.9 Å². The first-order chi connectivity index (χ1) is 11.5. The van der Waals surface area contributed by atoms with E-state index >= 15 is 0 Å². The highest BCUT2D eigenvalue weighted by Gasteiger charge is 2.44. The molecule has 1 aromatic rings. The minimum absolute atomic E-state index is 0.0156. The molecule has 1 atom stereocenters. The molecule has 0 saturated heterocycles. The van der Waals surface area contributed by atoms with Crippen LogP contribution in [0, 0.1) is 5.41 Å². The molecule has 0 aromatic heterocycles. The maximum atomic E-state index is 12.3. The average Bonchev–Trinajstić information content (AvgIpc) is 2.61. The van der Waals surface area contributed by atoms with E-state index in [1.807, 2.05) is 30.3 Å². The number of rotatable bonds is 10. The van der Waals surface area contributed by atoms with E-state index in [0.29, 0.717) is 0 Å². The lowest BCUT2D eigenvalue weighted by Gasteiger charge is -2.27. The van der Waals surface area contributed by atoms with Crippen molar-refractivity contribution in [3.63, 3.8) is 0 Å². The number of esters is 2. The van der Waals surface area contributed by atoms with Gasteiger partial charge in [0.1, 0.15) is 12.0 Å². The molecule has 1 aromatic carbocycles. The normalized spacial score (nSPS) is 13.0. The Balaban J connectivity index is 2.68. The van der Waals surface area contributed by atoms with E-state index in [9.17, 15) is 14.4 Å². The highest BCUT2D eigenvalue weighted by atomic mass is 79.9. The number of carbonyl (C=O) groups excluding carboxylic acids is 3. The Morgan fingerprint density at radius 2 is 1.75 bits per heavy atom. The predicted molar refractivity (Wildman–Crippen MR) is 93.6 cm³/mol. The summed E-state index contributed by atoms with van der Waals surface area (Å²) < 4.78 is 10.3. The Labute approximate surface area is 150 Å². The summed E-state index contributed by atoms with van der Waals surface area (Å²) in [6.07, 6.45) is 0.348. The van der Waals surface area contributed by atoms with Gasteiger partial charge in [-0.3, -0.25) is 14.4 Å². The molecule has 1 unspecified atom stereocenters. The van der Waals surface area contributed by atoms with Crippen molar-refractivity contribution in [2.75, 3.05) is 11.9 Å². The zero-order valence-electron chi connectivity index (χ0n) is 14.0. The highest BCUT2D eigenvalue weighted by Crippen LogP contribution is 2.32. The van der Waals surface area contributed by atoms with E-state index in [1.54, 1.807) is 13.8 Å². The molecule has 132 valence electrons. The fourth-order valence-electron chi connectivity index (χ4n) is 2.40. The Morgan fingerprint density at radius 1 is 1.08 bits per heavy atom. The first kappa shape index (κ1) is 20.4. The van der Waals surface area contributed by atoms with Crippen molar-refractivity contribution in [2.24, 2.45) is 5.41 Å². The Kier molecular flexibility index (Phi) is 8.68. The molecule has 0 fully saturated rings. The maximum Gasteiger partial charge on any atom is 0.319 e. The Bertz CT molecular complexity index is 558. The van der Waals surface area contributed by atoms with Crippen molar-refractivity contribution >= 4 is 33.7 Å². The highest BCUT2D eigenvalue weighted by molar-refractivity contribution is 9.09. The van der Waals surface area contributed by atoms with Crippen LogP contribution in [0.3, 0.4) is 0 Å². The molecule has 0 N–H and O–H groups in total. The van der Waals surface area contributed by atoms with Crippen LogP contribution in [-0.2, 0) is 30.5 Å². The number of halogens is 1. The molecule has 24 heavy (non-hydrogen) atoms. The number of ketones is 1. The number of Topliss-reactive ketones (excluding diaryl/α,β-unsaturated/α-hetero) is 1. The van der Waals surface area contributed by atoms with Gasteiger partial charge >= 0.3 is 11.9 Å². The van der Waals surface area contributed by atoms with E-state index in [1.165, 1.54) is 0 Å². The lowest BCUT2D eigenvalue weighted by molar-refractivity contribution is -0.161. The van der Waals surface area contributed by atoms with E-state index < -0.39 is 17.4 Å². The zero-order valence-corrected chi connectivity index (χ0v) is 15.6. The summed E-state index contributed by atoms with van der Waals surface area (Å²) in [4.78, 5) is 36.5. The Hall–Kier alpha value is -1.69. The summed E-state index contributed by atoms with van der Waals surface area (Å²) in [6, 6.07) is 9.32. The fourth-order valence-corrected chi connectivity index (χ4v) is 2.93. The standard InChI is InChI=1S/C18H23BrO5/c1-3-18(15(20)12-19,17(22)23-4-2)11-10-16(21)24-13-14-8-6-5-7-9-14/h5-9H,3-4,10-13H2,1-2H3. The third-order valence-corrected chi connectivity index (χ3v) is 4.43. The zero-order chi connectivity index (χ0) is 18.0. The average molecular weight is 399 g/mol. The second kappa shape index (κ2) is 10.2. The summed E-state index contributed by atoms with van der Waals surface area (Å²) in [5, 5.41) is 0.0404. The van der Waals surface area contributed by atoms with Gasteiger partial charge in [-0.15, -0.1) is 0 Å². The fraction of sp³-hybridized carbons (Fsp3) is 0.500. The van der Waals surface area contributed by atoms with Gasteiger partial charge in [0.25, 0.3) is 0 Å². The third-order valence-electron chi connectivity index (χ3n) is 3.92. The minimum Gasteiger partial charge on any atom is -0.465 e. The molecule has 0 heterocycles. The molecule has 5 nitrogen and oxygen atoms in total. The summed E-state index contributed by atoms with van der Waals surface area (Å²) >= 11 is 3.11. The van der Waals surface area contributed by atoms with Gasteiger partial charge in [-0.2, -0.15) is 0 Å². The first-order valence-corrected chi connectivity index (χ1v) is 9.08. The lowest BCUT2D eigenvalue weighted by atomic mass is 9.77. The van der Waals surface area contributed by atoms with Crippen LogP contribution in [0.4, 0.5) is 0 Å². The third kappa shape index (κ3) is 5.44. The molecule has 0 aliphatic heterocycles. The van der Waals surface area contributed by atoms with Crippen LogP contribution in [0.5, 0.6) is 0 Å². The van der Waals surface area contributed by atoms with Crippen LogP contribution in [-0.4, -0.2) is 29.7 Å². The maximum absolute atomic E-state index is 12.3. The smallest absolute Gasteiger partial charge is 0.319 e. The van der Waals surface area contributed by atoms with Gasteiger partial charge in [0, 0.05) is 6.42 Å².